The molecule has 1 saturated heterocycles. The molecule has 0 spiro atoms. The number of carbonyl (C=O) groups is 1. The number of nitrogens with one attached hydrogen (secondary N) is 1. The number of aryl methyl sites for hydroxylation is 2. The third kappa shape index (κ3) is 4.09. The van der Waals surface area contributed by atoms with Crippen molar-refractivity contribution in [2.24, 2.45) is 0 Å². The number of H-pyrrole nitrogens is 1. The van der Waals surface area contributed by atoms with Crippen molar-refractivity contribution >= 4 is 16.9 Å². The van der Waals surface area contributed by atoms with Gasteiger partial charge < -0.3 is 9.88 Å². The number of imidazole rings is 1. The molecule has 4 rings (SSSR count). The predicted octanol–water partition coefficient (Wildman–Crippen LogP) is 3.63. The summed E-state index contributed by atoms with van der Waals surface area (Å²) in [7, 11) is 0. The van der Waals surface area contributed by atoms with Gasteiger partial charge in [-0.25, -0.2) is 4.98 Å². The zero-order valence-corrected chi connectivity index (χ0v) is 17.7. The molecule has 156 valence electrons. The Morgan fingerprint density at radius 1 is 1.33 bits per heavy atom. The lowest BCUT2D eigenvalue weighted by atomic mass is 9.96. The van der Waals surface area contributed by atoms with Crippen LogP contribution in [0.4, 0.5) is 0 Å². The number of amides is 1. The number of hydrogen-bond acceptors (Lipinski definition) is 4. The lowest BCUT2D eigenvalue weighted by Gasteiger charge is -2.32. The first-order valence-electron chi connectivity index (χ1n) is 10.7. The van der Waals surface area contributed by atoms with Crippen molar-refractivity contribution in [1.82, 2.24) is 24.6 Å². The third-order valence-electron chi connectivity index (χ3n) is 6.12. The SMILES string of the molecule is Cc1nn(CCC#N)c(C)c1CCC(=O)N1CCCC(c2nc3ccccc3[nH]2)C1. The lowest BCUT2D eigenvalue weighted by Crippen LogP contribution is -2.39. The Balaban J connectivity index is 1.39. The van der Waals surface area contributed by atoms with Crippen molar-refractivity contribution in [2.75, 3.05) is 13.1 Å². The number of aromatic amines is 1. The van der Waals surface area contributed by atoms with Gasteiger partial charge in [-0.05, 0) is 50.8 Å². The molecule has 2 aromatic heterocycles. The van der Waals surface area contributed by atoms with E-state index in [1.54, 1.807) is 0 Å². The third-order valence-corrected chi connectivity index (χ3v) is 6.12. The molecule has 1 atom stereocenters. The molecular weight excluding hydrogens is 376 g/mol. The molecule has 1 aliphatic heterocycles. The van der Waals surface area contributed by atoms with E-state index >= 15 is 0 Å². The Morgan fingerprint density at radius 2 is 2.17 bits per heavy atom. The highest BCUT2D eigenvalue weighted by Crippen LogP contribution is 2.27. The van der Waals surface area contributed by atoms with Gasteiger partial charge in [-0.1, -0.05) is 12.1 Å². The predicted molar refractivity (Wildman–Crippen MR) is 115 cm³/mol. The molecule has 3 heterocycles. The minimum Gasteiger partial charge on any atom is -0.342 e. The Kier molecular flexibility index (Phi) is 5.84. The van der Waals surface area contributed by atoms with Crippen LogP contribution in [0.3, 0.4) is 0 Å². The van der Waals surface area contributed by atoms with Crippen LogP contribution in [0.5, 0.6) is 0 Å². The zero-order valence-electron chi connectivity index (χ0n) is 17.7. The van der Waals surface area contributed by atoms with Crippen LogP contribution in [0, 0.1) is 25.2 Å². The molecule has 0 saturated carbocycles. The summed E-state index contributed by atoms with van der Waals surface area (Å²) >= 11 is 0. The summed E-state index contributed by atoms with van der Waals surface area (Å²) in [6.07, 6.45) is 3.66. The minimum atomic E-state index is 0.194. The van der Waals surface area contributed by atoms with Crippen molar-refractivity contribution in [1.29, 1.82) is 5.26 Å². The first-order chi connectivity index (χ1) is 14.6. The molecule has 1 unspecified atom stereocenters. The number of para-hydroxylation sites is 2. The summed E-state index contributed by atoms with van der Waals surface area (Å²) in [5.41, 5.74) is 5.18. The lowest BCUT2D eigenvalue weighted by molar-refractivity contribution is -0.132. The first-order valence-corrected chi connectivity index (χ1v) is 10.7. The molecule has 1 aliphatic rings. The molecule has 0 bridgehead atoms. The van der Waals surface area contributed by atoms with Crippen LogP contribution in [0.25, 0.3) is 11.0 Å². The second-order valence-electron chi connectivity index (χ2n) is 8.10. The van der Waals surface area contributed by atoms with Crippen molar-refractivity contribution in [2.45, 2.75) is 58.4 Å². The molecule has 1 fully saturated rings. The standard InChI is InChI=1S/C23H28N6O/c1-16-19(17(2)29(27-16)14-6-12-24)10-11-22(30)28-13-5-7-18(15-28)23-25-20-8-3-4-9-21(20)26-23/h3-4,8-9,18H,5-7,10-11,13-15H2,1-2H3,(H,25,26). The normalized spacial score (nSPS) is 16.7. The number of fused-ring (bicyclic) bond motifs is 1. The van der Waals surface area contributed by atoms with Gasteiger partial charge in [0.15, 0.2) is 0 Å². The van der Waals surface area contributed by atoms with Crippen molar-refractivity contribution in [3.63, 3.8) is 0 Å². The summed E-state index contributed by atoms with van der Waals surface area (Å²) < 4.78 is 1.89. The molecular formula is C23H28N6O. The van der Waals surface area contributed by atoms with Gasteiger partial charge in [-0.3, -0.25) is 9.48 Å². The Morgan fingerprint density at radius 3 is 2.97 bits per heavy atom. The van der Waals surface area contributed by atoms with Gasteiger partial charge in [-0.15, -0.1) is 0 Å². The summed E-state index contributed by atoms with van der Waals surface area (Å²) in [4.78, 5) is 23.1. The molecule has 7 heteroatoms. The highest BCUT2D eigenvalue weighted by Gasteiger charge is 2.27. The van der Waals surface area contributed by atoms with Crippen LogP contribution in [-0.2, 0) is 17.8 Å². The monoisotopic (exact) mass is 404 g/mol. The van der Waals surface area contributed by atoms with E-state index in [-0.39, 0.29) is 11.8 Å². The number of hydrogen-bond donors (Lipinski definition) is 1. The summed E-state index contributed by atoms with van der Waals surface area (Å²) in [5, 5.41) is 13.4. The van der Waals surface area contributed by atoms with E-state index in [0.717, 1.165) is 59.7 Å². The topological polar surface area (TPSA) is 90.6 Å². The van der Waals surface area contributed by atoms with Crippen molar-refractivity contribution in [3.8, 4) is 6.07 Å². The molecule has 1 amide bonds. The number of nitriles is 1. The van der Waals surface area contributed by atoms with Gasteiger partial charge in [0, 0.05) is 31.1 Å². The summed E-state index contributed by atoms with van der Waals surface area (Å²) in [6, 6.07) is 10.2. The molecule has 0 aliphatic carbocycles. The highest BCUT2D eigenvalue weighted by molar-refractivity contribution is 5.77. The number of aromatic nitrogens is 4. The van der Waals surface area contributed by atoms with Crippen LogP contribution < -0.4 is 0 Å². The van der Waals surface area contributed by atoms with Crippen LogP contribution >= 0.6 is 0 Å². The Bertz CT molecular complexity index is 1060. The quantitative estimate of drug-likeness (QED) is 0.679. The molecule has 30 heavy (non-hydrogen) atoms. The van der Waals surface area contributed by atoms with E-state index < -0.39 is 0 Å². The Hall–Kier alpha value is -3.14. The van der Waals surface area contributed by atoms with Crippen LogP contribution in [-0.4, -0.2) is 43.6 Å². The first kappa shape index (κ1) is 20.1. The largest absolute Gasteiger partial charge is 0.342 e. The van der Waals surface area contributed by atoms with Crippen molar-refractivity contribution in [3.05, 3.63) is 47.0 Å². The fourth-order valence-corrected chi connectivity index (χ4v) is 4.45. The molecule has 7 nitrogen and oxygen atoms in total. The van der Waals surface area contributed by atoms with E-state index in [2.05, 4.69) is 16.2 Å². The molecule has 1 aromatic carbocycles. The van der Waals surface area contributed by atoms with Gasteiger partial charge in [0.05, 0.1) is 35.8 Å². The fraction of sp³-hybridized carbons (Fsp3) is 0.478. The fourth-order valence-electron chi connectivity index (χ4n) is 4.45. The maximum absolute atomic E-state index is 12.9. The number of nitrogens with zero attached hydrogens (tertiary/aromatic N) is 5. The molecule has 1 N–H and O–H groups in total. The van der Waals surface area contributed by atoms with E-state index in [0.29, 0.717) is 25.8 Å². The number of piperidine rings is 1. The smallest absolute Gasteiger partial charge is 0.222 e. The molecule has 3 aromatic rings. The zero-order chi connectivity index (χ0) is 21.1. The average molecular weight is 405 g/mol. The number of rotatable bonds is 6. The number of benzene rings is 1. The van der Waals surface area contributed by atoms with E-state index in [9.17, 15) is 4.79 Å². The van der Waals surface area contributed by atoms with Crippen LogP contribution in [0.15, 0.2) is 24.3 Å². The average Bonchev–Trinajstić information content (AvgIpc) is 3.31. The minimum absolute atomic E-state index is 0.194. The highest BCUT2D eigenvalue weighted by atomic mass is 16.2. The van der Waals surface area contributed by atoms with E-state index in [1.165, 1.54) is 0 Å². The summed E-state index contributed by atoms with van der Waals surface area (Å²) in [5.74, 6) is 1.44. The second kappa shape index (κ2) is 8.70. The van der Waals surface area contributed by atoms with Gasteiger partial charge in [0.1, 0.15) is 5.82 Å². The molecule has 0 radical (unpaired) electrons. The second-order valence-corrected chi connectivity index (χ2v) is 8.10. The maximum Gasteiger partial charge on any atom is 0.222 e. The van der Waals surface area contributed by atoms with Gasteiger partial charge in [0.2, 0.25) is 5.91 Å². The van der Waals surface area contributed by atoms with Crippen molar-refractivity contribution < 1.29 is 4.79 Å². The van der Waals surface area contributed by atoms with Crippen LogP contribution in [0.1, 0.15) is 54.4 Å². The van der Waals surface area contributed by atoms with Crippen LogP contribution in [0.2, 0.25) is 0 Å². The van der Waals surface area contributed by atoms with E-state index in [1.807, 2.05) is 47.7 Å². The Labute approximate surface area is 176 Å². The van der Waals surface area contributed by atoms with Gasteiger partial charge in [-0.2, -0.15) is 10.4 Å². The number of carbonyl (C=O) groups excluding carboxylic acids is 1. The summed E-state index contributed by atoms with van der Waals surface area (Å²) in [6.45, 7) is 6.14. The van der Waals surface area contributed by atoms with Gasteiger partial charge in [0.25, 0.3) is 0 Å². The number of likely N-dealkylation sites (tertiary alicyclic amines) is 1. The van der Waals surface area contributed by atoms with E-state index in [4.69, 9.17) is 10.2 Å². The maximum atomic E-state index is 12.9. The van der Waals surface area contributed by atoms with Gasteiger partial charge >= 0.3 is 0 Å².